The van der Waals surface area contributed by atoms with Gasteiger partial charge in [0.1, 0.15) is 12.4 Å². The SMILES string of the molecule is COc1ccc(NC(=O)CNC(=O)CN(CC(C)C)C(=O)COCc2ccccc2)cc1. The number of ether oxygens (including phenoxy) is 2. The summed E-state index contributed by atoms with van der Waals surface area (Å²) in [4.78, 5) is 38.4. The molecule has 0 aliphatic rings. The van der Waals surface area contributed by atoms with E-state index >= 15 is 0 Å². The van der Waals surface area contributed by atoms with Crippen LogP contribution in [0.25, 0.3) is 0 Å². The number of nitrogens with zero attached hydrogens (tertiary/aromatic N) is 1. The second-order valence-corrected chi connectivity index (χ2v) is 7.70. The molecule has 2 rings (SSSR count). The average Bonchev–Trinajstić information content (AvgIpc) is 2.78. The molecule has 8 heteroatoms. The van der Waals surface area contributed by atoms with Gasteiger partial charge in [-0.3, -0.25) is 14.4 Å². The molecule has 32 heavy (non-hydrogen) atoms. The Hall–Kier alpha value is -3.39. The van der Waals surface area contributed by atoms with Crippen molar-refractivity contribution in [3.8, 4) is 5.75 Å². The summed E-state index contributed by atoms with van der Waals surface area (Å²) in [6.45, 7) is 4.21. The van der Waals surface area contributed by atoms with Crippen LogP contribution in [0.4, 0.5) is 5.69 Å². The Kier molecular flexibility index (Phi) is 10.2. The maximum absolute atomic E-state index is 12.6. The number of hydrogen-bond donors (Lipinski definition) is 2. The lowest BCUT2D eigenvalue weighted by molar-refractivity contribution is -0.140. The standard InChI is InChI=1S/C24H31N3O5/c1-18(2)14-27(24(30)17-32-16-19-7-5-4-6-8-19)15-23(29)25-13-22(28)26-20-9-11-21(31-3)12-10-20/h4-12,18H,13-17H2,1-3H3,(H,25,29)(H,26,28). The van der Waals surface area contributed by atoms with Gasteiger partial charge in [-0.05, 0) is 35.7 Å². The van der Waals surface area contributed by atoms with Gasteiger partial charge in [0.15, 0.2) is 0 Å². The van der Waals surface area contributed by atoms with Crippen LogP contribution in [-0.2, 0) is 25.7 Å². The van der Waals surface area contributed by atoms with Crippen LogP contribution in [0.3, 0.4) is 0 Å². The Morgan fingerprint density at radius 2 is 1.66 bits per heavy atom. The quantitative estimate of drug-likeness (QED) is 0.527. The van der Waals surface area contributed by atoms with Crippen LogP contribution in [-0.4, -0.2) is 56.0 Å². The summed E-state index contributed by atoms with van der Waals surface area (Å²) in [7, 11) is 1.56. The van der Waals surface area contributed by atoms with Crippen molar-refractivity contribution in [2.45, 2.75) is 20.5 Å². The highest BCUT2D eigenvalue weighted by Crippen LogP contribution is 2.14. The van der Waals surface area contributed by atoms with Crippen molar-refractivity contribution in [2.24, 2.45) is 5.92 Å². The summed E-state index contributed by atoms with van der Waals surface area (Å²) in [5.74, 6) is -0.186. The number of carbonyl (C=O) groups is 3. The topological polar surface area (TPSA) is 97.0 Å². The highest BCUT2D eigenvalue weighted by atomic mass is 16.5. The monoisotopic (exact) mass is 441 g/mol. The molecule has 0 fully saturated rings. The van der Waals surface area contributed by atoms with Gasteiger partial charge in [0.05, 0.1) is 26.8 Å². The van der Waals surface area contributed by atoms with E-state index in [-0.39, 0.29) is 37.4 Å². The fraction of sp³-hybridized carbons (Fsp3) is 0.375. The zero-order chi connectivity index (χ0) is 23.3. The van der Waals surface area contributed by atoms with Crippen molar-refractivity contribution >= 4 is 23.4 Å². The second kappa shape index (κ2) is 13.1. The van der Waals surface area contributed by atoms with Gasteiger partial charge in [0.2, 0.25) is 17.7 Å². The van der Waals surface area contributed by atoms with Crippen molar-refractivity contribution in [3.05, 3.63) is 60.2 Å². The van der Waals surface area contributed by atoms with Gasteiger partial charge in [-0.25, -0.2) is 0 Å². The summed E-state index contributed by atoms with van der Waals surface area (Å²) in [6.07, 6.45) is 0. The van der Waals surface area contributed by atoms with E-state index in [1.807, 2.05) is 44.2 Å². The molecule has 0 saturated heterocycles. The molecule has 0 aliphatic heterocycles. The minimum absolute atomic E-state index is 0.118. The lowest BCUT2D eigenvalue weighted by Gasteiger charge is -2.24. The molecule has 2 aromatic carbocycles. The number of carbonyl (C=O) groups excluding carboxylic acids is 3. The van der Waals surface area contributed by atoms with Crippen molar-refractivity contribution in [1.82, 2.24) is 10.2 Å². The van der Waals surface area contributed by atoms with Gasteiger partial charge in [-0.2, -0.15) is 0 Å². The van der Waals surface area contributed by atoms with Crippen LogP contribution in [0, 0.1) is 5.92 Å². The number of nitrogens with one attached hydrogen (secondary N) is 2. The molecule has 172 valence electrons. The smallest absolute Gasteiger partial charge is 0.249 e. The summed E-state index contributed by atoms with van der Waals surface area (Å²) < 4.78 is 10.6. The third-order valence-corrected chi connectivity index (χ3v) is 4.43. The van der Waals surface area contributed by atoms with Crippen LogP contribution >= 0.6 is 0 Å². The van der Waals surface area contributed by atoms with Crippen LogP contribution in [0.5, 0.6) is 5.75 Å². The minimum Gasteiger partial charge on any atom is -0.497 e. The number of anilines is 1. The van der Waals surface area contributed by atoms with Crippen LogP contribution in [0.1, 0.15) is 19.4 Å². The largest absolute Gasteiger partial charge is 0.497 e. The number of methoxy groups -OCH3 is 1. The predicted octanol–water partition coefficient (Wildman–Crippen LogP) is 2.45. The van der Waals surface area contributed by atoms with E-state index in [0.717, 1.165) is 5.56 Å². The van der Waals surface area contributed by atoms with E-state index < -0.39 is 5.91 Å². The number of amides is 3. The van der Waals surface area contributed by atoms with Gasteiger partial charge in [-0.15, -0.1) is 0 Å². The minimum atomic E-state index is -0.410. The number of benzene rings is 2. The number of rotatable bonds is 12. The third-order valence-electron chi connectivity index (χ3n) is 4.43. The van der Waals surface area contributed by atoms with Crippen LogP contribution < -0.4 is 15.4 Å². The first-order valence-corrected chi connectivity index (χ1v) is 10.5. The Bertz CT molecular complexity index is 869. The van der Waals surface area contributed by atoms with Crippen LogP contribution in [0.15, 0.2) is 54.6 Å². The summed E-state index contributed by atoms with van der Waals surface area (Å²) in [5.41, 5.74) is 1.56. The Balaban J connectivity index is 1.78. The molecule has 0 aromatic heterocycles. The van der Waals surface area contributed by atoms with E-state index in [1.165, 1.54) is 4.90 Å². The van der Waals surface area contributed by atoms with Crippen molar-refractivity contribution < 1.29 is 23.9 Å². The molecular formula is C24H31N3O5. The molecule has 0 bridgehead atoms. The molecule has 0 aliphatic carbocycles. The van der Waals surface area contributed by atoms with Gasteiger partial charge in [0.25, 0.3) is 0 Å². The molecule has 0 spiro atoms. The first kappa shape index (κ1) is 24.9. The van der Waals surface area contributed by atoms with Gasteiger partial charge < -0.3 is 25.0 Å². The van der Waals surface area contributed by atoms with Gasteiger partial charge in [-0.1, -0.05) is 44.2 Å². The first-order valence-electron chi connectivity index (χ1n) is 10.5. The van der Waals surface area contributed by atoms with Crippen molar-refractivity contribution in [3.63, 3.8) is 0 Å². The predicted molar refractivity (Wildman–Crippen MR) is 122 cm³/mol. The highest BCUT2D eigenvalue weighted by Gasteiger charge is 2.19. The maximum atomic E-state index is 12.6. The van der Waals surface area contributed by atoms with E-state index in [2.05, 4.69) is 10.6 Å². The third kappa shape index (κ3) is 9.18. The molecule has 0 atom stereocenters. The fourth-order valence-corrected chi connectivity index (χ4v) is 2.90. The lowest BCUT2D eigenvalue weighted by atomic mass is 10.2. The molecule has 0 radical (unpaired) electrons. The van der Waals surface area contributed by atoms with E-state index in [1.54, 1.807) is 31.4 Å². The van der Waals surface area contributed by atoms with E-state index in [0.29, 0.717) is 24.6 Å². The molecule has 2 aromatic rings. The van der Waals surface area contributed by atoms with E-state index in [4.69, 9.17) is 9.47 Å². The molecule has 0 unspecified atom stereocenters. The maximum Gasteiger partial charge on any atom is 0.249 e. The van der Waals surface area contributed by atoms with Gasteiger partial charge in [0, 0.05) is 12.2 Å². The molecule has 3 amide bonds. The average molecular weight is 442 g/mol. The summed E-state index contributed by atoms with van der Waals surface area (Å²) in [6, 6.07) is 16.4. The van der Waals surface area contributed by atoms with Crippen molar-refractivity contribution in [2.75, 3.05) is 38.7 Å². The molecule has 8 nitrogen and oxygen atoms in total. The molecule has 0 heterocycles. The highest BCUT2D eigenvalue weighted by molar-refractivity contribution is 5.95. The molecule has 2 N–H and O–H groups in total. The Morgan fingerprint density at radius 3 is 2.28 bits per heavy atom. The second-order valence-electron chi connectivity index (χ2n) is 7.70. The number of hydrogen-bond acceptors (Lipinski definition) is 5. The Morgan fingerprint density at radius 1 is 0.969 bits per heavy atom. The fourth-order valence-electron chi connectivity index (χ4n) is 2.90. The zero-order valence-corrected chi connectivity index (χ0v) is 18.8. The first-order chi connectivity index (χ1) is 15.4. The molecular weight excluding hydrogens is 410 g/mol. The zero-order valence-electron chi connectivity index (χ0n) is 18.8. The normalized spacial score (nSPS) is 10.5. The Labute approximate surface area is 188 Å². The van der Waals surface area contributed by atoms with Crippen molar-refractivity contribution in [1.29, 1.82) is 0 Å². The van der Waals surface area contributed by atoms with Gasteiger partial charge >= 0.3 is 0 Å². The summed E-state index contributed by atoms with van der Waals surface area (Å²) in [5, 5.41) is 5.25. The van der Waals surface area contributed by atoms with Crippen LogP contribution in [0.2, 0.25) is 0 Å². The van der Waals surface area contributed by atoms with E-state index in [9.17, 15) is 14.4 Å². The molecule has 0 saturated carbocycles. The lowest BCUT2D eigenvalue weighted by Crippen LogP contribution is -2.45. The summed E-state index contributed by atoms with van der Waals surface area (Å²) >= 11 is 0.